The number of fused-ring (bicyclic) bond motifs is 1. The average Bonchev–Trinajstić information content (AvgIpc) is 2.30. The second-order valence-corrected chi connectivity index (χ2v) is 4.65. The number of ketones is 1. The molecule has 0 bridgehead atoms. The largest absolute Gasteiger partial charge is 0.489 e. The molecule has 1 aromatic carbocycles. The average molecular weight is 230 g/mol. The minimum Gasteiger partial charge on any atom is -0.489 e. The Morgan fingerprint density at radius 1 is 1.35 bits per heavy atom. The van der Waals surface area contributed by atoms with Crippen LogP contribution in [0.5, 0.6) is 5.75 Å². The van der Waals surface area contributed by atoms with Crippen molar-refractivity contribution in [3.8, 4) is 5.75 Å². The van der Waals surface area contributed by atoms with Gasteiger partial charge in [0.15, 0.2) is 5.78 Å². The Hall–Kier alpha value is -1.57. The Bertz CT molecular complexity index is 454. The van der Waals surface area contributed by atoms with Crippen LogP contribution in [0.15, 0.2) is 29.8 Å². The summed E-state index contributed by atoms with van der Waals surface area (Å²) in [5, 5.41) is 0. The molecule has 2 rings (SSSR count). The fourth-order valence-electron chi connectivity index (χ4n) is 2.08. The second kappa shape index (κ2) is 5.17. The Balaban J connectivity index is 2.20. The van der Waals surface area contributed by atoms with Crippen molar-refractivity contribution < 1.29 is 9.53 Å². The number of benzene rings is 1. The van der Waals surface area contributed by atoms with Crippen LogP contribution in [0.25, 0.3) is 0 Å². The van der Waals surface area contributed by atoms with Gasteiger partial charge in [-0.05, 0) is 38.8 Å². The van der Waals surface area contributed by atoms with Crippen molar-refractivity contribution in [3.05, 3.63) is 41.0 Å². The van der Waals surface area contributed by atoms with E-state index in [-0.39, 0.29) is 5.78 Å². The summed E-state index contributed by atoms with van der Waals surface area (Å²) >= 11 is 0. The molecule has 1 aliphatic carbocycles. The Morgan fingerprint density at radius 2 is 2.18 bits per heavy atom. The molecule has 1 aromatic rings. The zero-order chi connectivity index (χ0) is 12.3. The molecule has 90 valence electrons. The van der Waals surface area contributed by atoms with Crippen molar-refractivity contribution in [2.75, 3.05) is 6.61 Å². The van der Waals surface area contributed by atoms with Gasteiger partial charge < -0.3 is 4.74 Å². The van der Waals surface area contributed by atoms with Crippen molar-refractivity contribution in [1.29, 1.82) is 0 Å². The highest BCUT2D eigenvalue weighted by Gasteiger charge is 2.19. The minimum absolute atomic E-state index is 0.249. The maximum absolute atomic E-state index is 11.8. The van der Waals surface area contributed by atoms with Gasteiger partial charge in [-0.1, -0.05) is 17.7 Å². The third-order valence-electron chi connectivity index (χ3n) is 2.99. The first-order valence-electron chi connectivity index (χ1n) is 6.09. The van der Waals surface area contributed by atoms with E-state index in [1.165, 1.54) is 5.57 Å². The van der Waals surface area contributed by atoms with Gasteiger partial charge in [-0.15, -0.1) is 0 Å². The van der Waals surface area contributed by atoms with Gasteiger partial charge in [-0.25, -0.2) is 0 Å². The van der Waals surface area contributed by atoms with Gasteiger partial charge in [0, 0.05) is 17.5 Å². The van der Waals surface area contributed by atoms with Crippen LogP contribution >= 0.6 is 0 Å². The molecule has 1 aliphatic rings. The SMILES string of the molecule is CC(C)=CCOc1cccc2c1CCCC2=O. The molecule has 0 aliphatic heterocycles. The van der Waals surface area contributed by atoms with E-state index in [4.69, 9.17) is 4.74 Å². The number of allylic oxidation sites excluding steroid dienone is 1. The smallest absolute Gasteiger partial charge is 0.163 e. The van der Waals surface area contributed by atoms with Crippen molar-refractivity contribution in [3.63, 3.8) is 0 Å². The van der Waals surface area contributed by atoms with E-state index in [9.17, 15) is 4.79 Å². The number of hydrogen-bond donors (Lipinski definition) is 0. The molecule has 0 spiro atoms. The predicted octanol–water partition coefficient (Wildman–Crippen LogP) is 3.55. The molecule has 0 saturated carbocycles. The summed E-state index contributed by atoms with van der Waals surface area (Å²) in [4.78, 5) is 11.8. The van der Waals surface area contributed by atoms with E-state index in [1.54, 1.807) is 0 Å². The summed E-state index contributed by atoms with van der Waals surface area (Å²) in [6.45, 7) is 4.67. The molecule has 2 nitrogen and oxygen atoms in total. The molecule has 0 atom stereocenters. The van der Waals surface area contributed by atoms with Crippen molar-refractivity contribution in [1.82, 2.24) is 0 Å². The number of ether oxygens (including phenoxy) is 1. The summed E-state index contributed by atoms with van der Waals surface area (Å²) in [6.07, 6.45) is 4.61. The maximum Gasteiger partial charge on any atom is 0.163 e. The highest BCUT2D eigenvalue weighted by Crippen LogP contribution is 2.29. The first kappa shape index (κ1) is 11.9. The number of carbonyl (C=O) groups excluding carboxylic acids is 1. The predicted molar refractivity (Wildman–Crippen MR) is 68.6 cm³/mol. The number of Topliss-reactive ketones (excluding diaryl/α,β-unsaturated/α-hetero) is 1. The van der Waals surface area contributed by atoms with Crippen LogP contribution in [0.4, 0.5) is 0 Å². The lowest BCUT2D eigenvalue weighted by molar-refractivity contribution is 0.0971. The minimum atomic E-state index is 0.249. The molecule has 0 radical (unpaired) electrons. The van der Waals surface area contributed by atoms with Crippen molar-refractivity contribution in [2.24, 2.45) is 0 Å². The van der Waals surface area contributed by atoms with Gasteiger partial charge in [0.05, 0.1) is 0 Å². The van der Waals surface area contributed by atoms with E-state index in [0.29, 0.717) is 13.0 Å². The lowest BCUT2D eigenvalue weighted by atomic mass is 9.90. The Labute approximate surface area is 102 Å². The fraction of sp³-hybridized carbons (Fsp3) is 0.400. The molecule has 2 heteroatoms. The van der Waals surface area contributed by atoms with E-state index in [2.05, 4.69) is 0 Å². The lowest BCUT2D eigenvalue weighted by Gasteiger charge is -2.18. The topological polar surface area (TPSA) is 26.3 Å². The van der Waals surface area contributed by atoms with Gasteiger partial charge in [0.1, 0.15) is 12.4 Å². The first-order chi connectivity index (χ1) is 8.18. The Kier molecular flexibility index (Phi) is 3.62. The summed E-state index contributed by atoms with van der Waals surface area (Å²) in [7, 11) is 0. The number of rotatable bonds is 3. The Morgan fingerprint density at radius 3 is 2.94 bits per heavy atom. The van der Waals surface area contributed by atoms with E-state index >= 15 is 0 Å². The highest BCUT2D eigenvalue weighted by atomic mass is 16.5. The van der Waals surface area contributed by atoms with Crippen LogP contribution in [-0.4, -0.2) is 12.4 Å². The van der Waals surface area contributed by atoms with Crippen LogP contribution in [0.1, 0.15) is 42.6 Å². The van der Waals surface area contributed by atoms with Gasteiger partial charge in [-0.3, -0.25) is 4.79 Å². The standard InChI is InChI=1S/C15H18O2/c1-11(2)9-10-17-15-8-4-5-12-13(15)6-3-7-14(12)16/h4-5,8-9H,3,6-7,10H2,1-2H3. The lowest BCUT2D eigenvalue weighted by Crippen LogP contribution is -2.12. The van der Waals surface area contributed by atoms with Crippen molar-refractivity contribution in [2.45, 2.75) is 33.1 Å². The van der Waals surface area contributed by atoms with Gasteiger partial charge in [0.2, 0.25) is 0 Å². The molecular weight excluding hydrogens is 212 g/mol. The first-order valence-corrected chi connectivity index (χ1v) is 6.09. The number of carbonyl (C=O) groups is 1. The number of hydrogen-bond acceptors (Lipinski definition) is 2. The van der Waals surface area contributed by atoms with E-state index < -0.39 is 0 Å². The second-order valence-electron chi connectivity index (χ2n) is 4.65. The van der Waals surface area contributed by atoms with Gasteiger partial charge >= 0.3 is 0 Å². The third kappa shape index (κ3) is 2.76. The monoisotopic (exact) mass is 230 g/mol. The van der Waals surface area contributed by atoms with Crippen LogP contribution in [0.3, 0.4) is 0 Å². The summed E-state index contributed by atoms with van der Waals surface area (Å²) in [5.41, 5.74) is 3.18. The zero-order valence-electron chi connectivity index (χ0n) is 10.5. The molecule has 0 fully saturated rings. The summed E-state index contributed by atoms with van der Waals surface area (Å²) < 4.78 is 5.73. The molecule has 0 N–H and O–H groups in total. The van der Waals surface area contributed by atoms with Crippen molar-refractivity contribution >= 4 is 5.78 Å². The zero-order valence-corrected chi connectivity index (χ0v) is 10.5. The van der Waals surface area contributed by atoms with E-state index in [1.807, 2.05) is 38.1 Å². The quantitative estimate of drug-likeness (QED) is 0.742. The normalized spacial score (nSPS) is 14.1. The third-order valence-corrected chi connectivity index (χ3v) is 2.99. The molecule has 0 unspecified atom stereocenters. The summed E-state index contributed by atoms with van der Waals surface area (Å²) in [5.74, 6) is 1.12. The van der Waals surface area contributed by atoms with Crippen LogP contribution in [0.2, 0.25) is 0 Å². The molecule has 0 saturated heterocycles. The molecule has 0 aromatic heterocycles. The molecule has 17 heavy (non-hydrogen) atoms. The van der Waals surface area contributed by atoms with Gasteiger partial charge in [0.25, 0.3) is 0 Å². The fourth-order valence-corrected chi connectivity index (χ4v) is 2.08. The molecule has 0 amide bonds. The van der Waals surface area contributed by atoms with Crippen LogP contribution in [-0.2, 0) is 6.42 Å². The van der Waals surface area contributed by atoms with E-state index in [0.717, 1.165) is 29.7 Å². The maximum atomic E-state index is 11.8. The molecule has 0 heterocycles. The molecular formula is C15H18O2. The van der Waals surface area contributed by atoms with Crippen LogP contribution in [0, 0.1) is 0 Å². The van der Waals surface area contributed by atoms with Gasteiger partial charge in [-0.2, -0.15) is 0 Å². The van der Waals surface area contributed by atoms with Crippen LogP contribution < -0.4 is 4.74 Å². The highest BCUT2D eigenvalue weighted by molar-refractivity contribution is 5.99. The summed E-state index contributed by atoms with van der Waals surface area (Å²) in [6, 6.07) is 5.76.